The molecule has 1 aromatic carbocycles. The largest absolute Gasteiger partial charge is 0.448 e. The number of nitrogens with zero attached hydrogens (tertiary/aromatic N) is 3. The number of halogens is 1. The predicted octanol–water partition coefficient (Wildman–Crippen LogP) is 2.50. The summed E-state index contributed by atoms with van der Waals surface area (Å²) in [6, 6.07) is 6.93. The minimum atomic E-state index is -0.410. The third kappa shape index (κ3) is 5.95. The minimum absolute atomic E-state index is 0.0388. The molecule has 8 heteroatoms. The van der Waals surface area contributed by atoms with Crippen molar-refractivity contribution in [3.63, 3.8) is 0 Å². The SMILES string of the molecule is O=C(CN1CCOC1=O)N(CC1CCN(Cc2ccccc2F)CC1)C[C@H]1CCCO1. The Morgan fingerprint density at radius 2 is 1.90 bits per heavy atom. The van der Waals surface area contributed by atoms with E-state index in [1.165, 1.54) is 11.0 Å². The molecule has 0 aromatic heterocycles. The molecule has 1 atom stereocenters. The number of hydrogen-bond acceptors (Lipinski definition) is 5. The Labute approximate surface area is 183 Å². The molecular weight excluding hydrogens is 401 g/mol. The number of benzene rings is 1. The van der Waals surface area contributed by atoms with Gasteiger partial charge in [0.05, 0.1) is 12.6 Å². The van der Waals surface area contributed by atoms with Gasteiger partial charge in [-0.1, -0.05) is 18.2 Å². The number of piperidine rings is 1. The molecule has 1 aromatic rings. The van der Waals surface area contributed by atoms with Crippen molar-refractivity contribution in [3.8, 4) is 0 Å². The summed E-state index contributed by atoms with van der Waals surface area (Å²) in [5, 5.41) is 0. The zero-order valence-electron chi connectivity index (χ0n) is 18.0. The molecule has 0 unspecified atom stereocenters. The monoisotopic (exact) mass is 433 g/mol. The van der Waals surface area contributed by atoms with Crippen LogP contribution in [-0.2, 0) is 20.8 Å². The van der Waals surface area contributed by atoms with E-state index in [2.05, 4.69) is 4.90 Å². The maximum Gasteiger partial charge on any atom is 0.410 e. The maximum atomic E-state index is 14.0. The molecule has 3 aliphatic heterocycles. The van der Waals surface area contributed by atoms with Crippen LogP contribution in [0, 0.1) is 11.7 Å². The van der Waals surface area contributed by atoms with E-state index in [1.54, 1.807) is 6.07 Å². The summed E-state index contributed by atoms with van der Waals surface area (Å²) in [5.41, 5.74) is 0.730. The molecule has 0 radical (unpaired) electrons. The van der Waals surface area contributed by atoms with E-state index < -0.39 is 6.09 Å². The lowest BCUT2D eigenvalue weighted by atomic mass is 9.95. The lowest BCUT2D eigenvalue weighted by Gasteiger charge is -2.36. The van der Waals surface area contributed by atoms with Crippen LogP contribution in [0.15, 0.2) is 24.3 Å². The van der Waals surface area contributed by atoms with Gasteiger partial charge < -0.3 is 14.4 Å². The van der Waals surface area contributed by atoms with Crippen molar-refractivity contribution in [2.45, 2.75) is 38.3 Å². The fourth-order valence-electron chi connectivity index (χ4n) is 4.65. The van der Waals surface area contributed by atoms with Crippen LogP contribution in [0.2, 0.25) is 0 Å². The van der Waals surface area contributed by atoms with E-state index in [4.69, 9.17) is 9.47 Å². The van der Waals surface area contributed by atoms with Crippen LogP contribution in [0.25, 0.3) is 0 Å². The number of cyclic esters (lactones) is 1. The predicted molar refractivity (Wildman–Crippen MR) is 113 cm³/mol. The summed E-state index contributed by atoms with van der Waals surface area (Å²) in [6.07, 6.45) is 3.60. The summed E-state index contributed by atoms with van der Waals surface area (Å²) in [4.78, 5) is 30.4. The molecular formula is C23H32FN3O4. The Bertz CT molecular complexity index is 763. The molecule has 0 aliphatic carbocycles. The van der Waals surface area contributed by atoms with Gasteiger partial charge in [-0.2, -0.15) is 0 Å². The van der Waals surface area contributed by atoms with E-state index in [0.717, 1.165) is 50.9 Å². The van der Waals surface area contributed by atoms with Crippen molar-refractivity contribution in [1.82, 2.24) is 14.7 Å². The van der Waals surface area contributed by atoms with Crippen molar-refractivity contribution in [2.24, 2.45) is 5.92 Å². The van der Waals surface area contributed by atoms with Crippen LogP contribution < -0.4 is 0 Å². The Kier molecular flexibility index (Phi) is 7.40. The highest BCUT2D eigenvalue weighted by molar-refractivity contribution is 5.83. The smallest absolute Gasteiger partial charge is 0.410 e. The van der Waals surface area contributed by atoms with E-state index in [1.807, 2.05) is 17.0 Å². The van der Waals surface area contributed by atoms with E-state index in [9.17, 15) is 14.0 Å². The van der Waals surface area contributed by atoms with E-state index >= 15 is 0 Å². The fraction of sp³-hybridized carbons (Fsp3) is 0.652. The Hall–Kier alpha value is -2.19. The maximum absolute atomic E-state index is 14.0. The lowest BCUT2D eigenvalue weighted by molar-refractivity contribution is -0.134. The number of likely N-dealkylation sites (tertiary alicyclic amines) is 1. The summed E-state index contributed by atoms with van der Waals surface area (Å²) >= 11 is 0. The average molecular weight is 434 g/mol. The minimum Gasteiger partial charge on any atom is -0.448 e. The zero-order chi connectivity index (χ0) is 21.6. The number of rotatable bonds is 8. The number of ether oxygens (including phenoxy) is 2. The number of carbonyl (C=O) groups is 2. The van der Waals surface area contributed by atoms with Gasteiger partial charge in [-0.25, -0.2) is 9.18 Å². The molecule has 3 saturated heterocycles. The van der Waals surface area contributed by atoms with Gasteiger partial charge in [0.2, 0.25) is 5.91 Å². The molecule has 0 N–H and O–H groups in total. The van der Waals surface area contributed by atoms with Gasteiger partial charge in [0.25, 0.3) is 0 Å². The van der Waals surface area contributed by atoms with Crippen molar-refractivity contribution in [3.05, 3.63) is 35.6 Å². The summed E-state index contributed by atoms with van der Waals surface area (Å²) in [7, 11) is 0. The van der Waals surface area contributed by atoms with Gasteiger partial charge in [-0.3, -0.25) is 14.6 Å². The highest BCUT2D eigenvalue weighted by Crippen LogP contribution is 2.23. The first kappa shape index (κ1) is 22.0. The molecule has 0 saturated carbocycles. The van der Waals surface area contributed by atoms with Gasteiger partial charge in [-0.05, 0) is 50.8 Å². The summed E-state index contributed by atoms with van der Waals surface area (Å²) in [5.74, 6) is 0.203. The average Bonchev–Trinajstić information content (AvgIpc) is 3.42. The first-order valence-corrected chi connectivity index (χ1v) is 11.4. The Morgan fingerprint density at radius 1 is 1.10 bits per heavy atom. The standard InChI is InChI=1S/C23H32FN3O4/c24-21-6-2-1-4-19(21)15-25-9-7-18(8-10-25)14-27(16-20-5-3-12-30-20)22(28)17-26-11-13-31-23(26)29/h1-2,4,6,18,20H,3,5,7-17H2/t20-/m1/s1. The van der Waals surface area contributed by atoms with E-state index in [0.29, 0.717) is 38.7 Å². The molecule has 170 valence electrons. The first-order chi connectivity index (χ1) is 15.1. The molecule has 0 spiro atoms. The number of hydrogen-bond donors (Lipinski definition) is 0. The van der Waals surface area contributed by atoms with Crippen molar-refractivity contribution in [1.29, 1.82) is 0 Å². The van der Waals surface area contributed by atoms with Crippen LogP contribution in [0.1, 0.15) is 31.2 Å². The quantitative estimate of drug-likeness (QED) is 0.630. The highest BCUT2D eigenvalue weighted by atomic mass is 19.1. The van der Waals surface area contributed by atoms with Gasteiger partial charge >= 0.3 is 6.09 Å². The second-order valence-electron chi connectivity index (χ2n) is 8.78. The second kappa shape index (κ2) is 10.4. The molecule has 7 nitrogen and oxygen atoms in total. The fourth-order valence-corrected chi connectivity index (χ4v) is 4.65. The van der Waals surface area contributed by atoms with Crippen molar-refractivity contribution < 1.29 is 23.5 Å². The van der Waals surface area contributed by atoms with Crippen molar-refractivity contribution in [2.75, 3.05) is 52.5 Å². The normalized spacial score (nSPS) is 22.7. The van der Waals surface area contributed by atoms with Gasteiger partial charge in [0.15, 0.2) is 0 Å². The van der Waals surface area contributed by atoms with Crippen LogP contribution in [0.5, 0.6) is 0 Å². The zero-order valence-corrected chi connectivity index (χ0v) is 18.0. The van der Waals surface area contributed by atoms with E-state index in [-0.39, 0.29) is 24.4 Å². The van der Waals surface area contributed by atoms with Crippen LogP contribution in [0.4, 0.5) is 9.18 Å². The highest BCUT2D eigenvalue weighted by Gasteiger charge is 2.31. The summed E-state index contributed by atoms with van der Waals surface area (Å²) in [6.45, 7) is 5.28. The number of carbonyl (C=O) groups excluding carboxylic acids is 2. The lowest BCUT2D eigenvalue weighted by Crippen LogP contribution is -2.47. The molecule has 2 amide bonds. The van der Waals surface area contributed by atoms with Crippen LogP contribution in [-0.4, -0.2) is 85.3 Å². The van der Waals surface area contributed by atoms with Crippen LogP contribution >= 0.6 is 0 Å². The molecule has 31 heavy (non-hydrogen) atoms. The number of amides is 2. The van der Waals surface area contributed by atoms with Crippen LogP contribution in [0.3, 0.4) is 0 Å². The molecule has 3 fully saturated rings. The topological polar surface area (TPSA) is 62.3 Å². The first-order valence-electron chi connectivity index (χ1n) is 11.4. The van der Waals surface area contributed by atoms with Crippen molar-refractivity contribution >= 4 is 12.0 Å². The van der Waals surface area contributed by atoms with Gasteiger partial charge in [0.1, 0.15) is 19.0 Å². The molecule has 0 bridgehead atoms. The summed E-state index contributed by atoms with van der Waals surface area (Å²) < 4.78 is 24.7. The molecule has 3 aliphatic rings. The second-order valence-corrected chi connectivity index (χ2v) is 8.78. The third-order valence-electron chi connectivity index (χ3n) is 6.51. The molecule has 4 rings (SSSR count). The molecule has 3 heterocycles. The Balaban J connectivity index is 1.30. The third-order valence-corrected chi connectivity index (χ3v) is 6.51. The van der Waals surface area contributed by atoms with Gasteiger partial charge in [0, 0.05) is 31.8 Å². The van der Waals surface area contributed by atoms with Gasteiger partial charge in [-0.15, -0.1) is 0 Å². The Morgan fingerprint density at radius 3 is 2.58 bits per heavy atom.